The van der Waals surface area contributed by atoms with Gasteiger partial charge in [-0.05, 0) is 29.7 Å². The highest BCUT2D eigenvalue weighted by atomic mass is 35.5. The number of aliphatic imine (C=N–C) groups is 1. The Morgan fingerprint density at radius 2 is 1.86 bits per heavy atom. The average molecular weight is 420 g/mol. The molecule has 2 N–H and O–H groups in total. The highest BCUT2D eigenvalue weighted by molar-refractivity contribution is 7.90. The van der Waals surface area contributed by atoms with Crippen molar-refractivity contribution < 1.29 is 13.2 Å². The van der Waals surface area contributed by atoms with Crippen LogP contribution in [0.1, 0.15) is 31.4 Å². The Balaban J connectivity index is 1.86. The molecule has 0 unspecified atom stereocenters. The molecule has 0 radical (unpaired) electrons. The molecule has 3 rings (SSSR count). The number of amides is 1. The summed E-state index contributed by atoms with van der Waals surface area (Å²) in [7, 11) is -3.65. The normalized spacial score (nSPS) is 18.2. The van der Waals surface area contributed by atoms with Crippen molar-refractivity contribution in [3.05, 3.63) is 64.7 Å². The third-order valence-electron chi connectivity index (χ3n) is 4.79. The van der Waals surface area contributed by atoms with Crippen LogP contribution in [-0.4, -0.2) is 26.2 Å². The fourth-order valence-corrected chi connectivity index (χ4v) is 4.41. The Morgan fingerprint density at radius 3 is 2.57 bits per heavy atom. The number of carbonyl (C=O) groups is 1. The molecule has 0 aliphatic carbocycles. The van der Waals surface area contributed by atoms with Crippen LogP contribution >= 0.6 is 11.6 Å². The highest BCUT2D eigenvalue weighted by Crippen LogP contribution is 2.24. The van der Waals surface area contributed by atoms with E-state index in [0.29, 0.717) is 10.6 Å². The summed E-state index contributed by atoms with van der Waals surface area (Å²) in [6, 6.07) is 13.2. The van der Waals surface area contributed by atoms with Gasteiger partial charge < -0.3 is 5.32 Å². The first-order chi connectivity index (χ1) is 13.3. The molecule has 0 spiro atoms. The zero-order valence-electron chi connectivity index (χ0n) is 15.6. The molecule has 0 fully saturated rings. The first kappa shape index (κ1) is 20.4. The summed E-state index contributed by atoms with van der Waals surface area (Å²) in [4.78, 5) is 17.5. The maximum atomic E-state index is 12.9. The van der Waals surface area contributed by atoms with Crippen LogP contribution in [0.3, 0.4) is 0 Å². The lowest BCUT2D eigenvalue weighted by Gasteiger charge is -2.19. The van der Waals surface area contributed by atoms with Crippen LogP contribution < -0.4 is 10.0 Å². The van der Waals surface area contributed by atoms with Crippen molar-refractivity contribution in [1.29, 1.82) is 0 Å². The van der Waals surface area contributed by atoms with Crippen molar-refractivity contribution in [2.45, 2.75) is 37.8 Å². The summed E-state index contributed by atoms with van der Waals surface area (Å²) in [6.45, 7) is 4.16. The Labute approximate surface area is 170 Å². The van der Waals surface area contributed by atoms with E-state index in [1.54, 1.807) is 24.3 Å². The van der Waals surface area contributed by atoms with Gasteiger partial charge in [-0.1, -0.05) is 62.2 Å². The minimum absolute atomic E-state index is 0.0731. The van der Waals surface area contributed by atoms with Gasteiger partial charge in [0.15, 0.2) is 0 Å². The molecule has 6 nitrogen and oxygen atoms in total. The fraction of sp³-hybridized carbons (Fsp3) is 0.300. The number of hydrogen-bond donors (Lipinski definition) is 2. The molecule has 2 atom stereocenters. The summed E-state index contributed by atoms with van der Waals surface area (Å²) in [5, 5.41) is 3.44. The molecule has 1 aliphatic heterocycles. The van der Waals surface area contributed by atoms with E-state index in [-0.39, 0.29) is 29.1 Å². The molecule has 0 bridgehead atoms. The van der Waals surface area contributed by atoms with E-state index in [9.17, 15) is 13.2 Å². The average Bonchev–Trinajstić information content (AvgIpc) is 2.95. The summed E-state index contributed by atoms with van der Waals surface area (Å²) >= 11 is 6.15. The summed E-state index contributed by atoms with van der Waals surface area (Å²) in [5.41, 5.74) is 1.29. The van der Waals surface area contributed by atoms with E-state index in [4.69, 9.17) is 11.6 Å². The van der Waals surface area contributed by atoms with E-state index in [1.807, 2.05) is 32.0 Å². The molecule has 148 valence electrons. The van der Waals surface area contributed by atoms with Crippen LogP contribution in [0.5, 0.6) is 0 Å². The minimum Gasteiger partial charge on any atom is -0.350 e. The van der Waals surface area contributed by atoms with Crippen LogP contribution in [0.15, 0.2) is 58.4 Å². The third-order valence-corrected chi connectivity index (χ3v) is 6.56. The van der Waals surface area contributed by atoms with E-state index in [0.717, 1.165) is 12.0 Å². The standard InChI is InChI=1S/C20H22ClN3O3S/c1-3-13(2)18(20(25)22-12-14-8-4-6-10-16(14)21)23-19-15-9-5-7-11-17(15)28(26,27)24-19/h4-11,13,18H,3,12H2,1-2H3,(H,22,25)(H,23,24)/t13-,18-/m0/s1. The summed E-state index contributed by atoms with van der Waals surface area (Å²) in [5.74, 6) is -0.143. The van der Waals surface area contributed by atoms with Gasteiger partial charge in [0.05, 0.1) is 4.90 Å². The molecular formula is C20H22ClN3O3S. The number of nitrogens with one attached hydrogen (secondary N) is 2. The van der Waals surface area contributed by atoms with Gasteiger partial charge in [0.25, 0.3) is 10.0 Å². The van der Waals surface area contributed by atoms with Gasteiger partial charge in [0.2, 0.25) is 5.91 Å². The number of amidine groups is 1. The molecular weight excluding hydrogens is 398 g/mol. The Morgan fingerprint density at radius 1 is 1.18 bits per heavy atom. The second-order valence-corrected chi connectivity index (χ2v) is 8.78. The molecule has 2 aromatic carbocycles. The van der Waals surface area contributed by atoms with E-state index >= 15 is 0 Å². The van der Waals surface area contributed by atoms with Crippen molar-refractivity contribution in [3.8, 4) is 0 Å². The second-order valence-electron chi connectivity index (χ2n) is 6.72. The maximum Gasteiger partial charge on any atom is 0.263 e. The van der Waals surface area contributed by atoms with Crippen molar-refractivity contribution in [2.24, 2.45) is 10.9 Å². The number of fused-ring (bicyclic) bond motifs is 1. The number of hydrogen-bond acceptors (Lipinski definition) is 4. The number of carbonyl (C=O) groups excluding carboxylic acids is 1. The summed E-state index contributed by atoms with van der Waals surface area (Å²) in [6.07, 6.45) is 0.718. The lowest BCUT2D eigenvalue weighted by Crippen LogP contribution is -2.39. The van der Waals surface area contributed by atoms with Gasteiger partial charge in [-0.3, -0.25) is 14.5 Å². The zero-order valence-corrected chi connectivity index (χ0v) is 17.2. The molecule has 1 amide bonds. The molecule has 2 aromatic rings. The molecule has 8 heteroatoms. The number of rotatable bonds is 6. The van der Waals surface area contributed by atoms with Gasteiger partial charge in [0, 0.05) is 17.1 Å². The molecule has 0 aromatic heterocycles. The topological polar surface area (TPSA) is 87.6 Å². The van der Waals surface area contributed by atoms with Crippen molar-refractivity contribution in [3.63, 3.8) is 0 Å². The van der Waals surface area contributed by atoms with Crippen molar-refractivity contribution >= 4 is 33.4 Å². The predicted octanol–water partition coefficient (Wildman–Crippen LogP) is 3.11. The Hall–Kier alpha value is -2.38. The van der Waals surface area contributed by atoms with Crippen LogP contribution in [0, 0.1) is 5.92 Å². The quantitative estimate of drug-likeness (QED) is 0.754. The fourth-order valence-electron chi connectivity index (χ4n) is 2.97. The Kier molecular flexibility index (Phi) is 6.05. The van der Waals surface area contributed by atoms with Crippen LogP contribution in [-0.2, 0) is 21.4 Å². The van der Waals surface area contributed by atoms with Gasteiger partial charge in [-0.15, -0.1) is 0 Å². The maximum absolute atomic E-state index is 12.9. The van der Waals surface area contributed by atoms with E-state index in [2.05, 4.69) is 15.0 Å². The molecule has 0 saturated heterocycles. The lowest BCUT2D eigenvalue weighted by atomic mass is 9.98. The van der Waals surface area contributed by atoms with Crippen molar-refractivity contribution in [2.75, 3.05) is 0 Å². The molecule has 28 heavy (non-hydrogen) atoms. The largest absolute Gasteiger partial charge is 0.350 e. The Bertz CT molecular complexity index is 1020. The lowest BCUT2D eigenvalue weighted by molar-refractivity contribution is -0.123. The van der Waals surface area contributed by atoms with Crippen molar-refractivity contribution in [1.82, 2.24) is 10.0 Å². The molecule has 1 aliphatic rings. The number of nitrogens with zero attached hydrogens (tertiary/aromatic N) is 1. The number of benzene rings is 2. The SMILES string of the molecule is CC[C@H](C)[C@H](N=C1NS(=O)(=O)c2ccccc21)C(=O)NCc1ccccc1Cl. The molecule has 1 heterocycles. The number of halogens is 1. The number of sulfonamides is 1. The molecule has 0 saturated carbocycles. The summed E-state index contributed by atoms with van der Waals surface area (Å²) < 4.78 is 27.1. The first-order valence-electron chi connectivity index (χ1n) is 9.04. The predicted molar refractivity (Wildman–Crippen MR) is 110 cm³/mol. The zero-order chi connectivity index (χ0) is 20.3. The highest BCUT2D eigenvalue weighted by Gasteiger charge is 2.33. The van der Waals surface area contributed by atoms with Crippen LogP contribution in [0.2, 0.25) is 5.02 Å². The van der Waals surface area contributed by atoms with Gasteiger partial charge in [-0.2, -0.15) is 0 Å². The smallest absolute Gasteiger partial charge is 0.263 e. The van der Waals surface area contributed by atoms with Crippen LogP contribution in [0.25, 0.3) is 0 Å². The van der Waals surface area contributed by atoms with Gasteiger partial charge >= 0.3 is 0 Å². The third kappa shape index (κ3) is 4.20. The van der Waals surface area contributed by atoms with Gasteiger partial charge in [-0.25, -0.2) is 8.42 Å². The second kappa shape index (κ2) is 8.32. The van der Waals surface area contributed by atoms with Crippen LogP contribution in [0.4, 0.5) is 0 Å². The first-order valence-corrected chi connectivity index (χ1v) is 10.9. The van der Waals surface area contributed by atoms with E-state index in [1.165, 1.54) is 6.07 Å². The van der Waals surface area contributed by atoms with E-state index < -0.39 is 16.1 Å². The monoisotopic (exact) mass is 419 g/mol. The van der Waals surface area contributed by atoms with Gasteiger partial charge in [0.1, 0.15) is 11.9 Å². The minimum atomic E-state index is -3.65.